The van der Waals surface area contributed by atoms with Gasteiger partial charge in [0.1, 0.15) is 5.58 Å². The third-order valence-electron chi connectivity index (χ3n) is 6.45. The molecule has 0 bridgehead atoms. The van der Waals surface area contributed by atoms with E-state index in [9.17, 15) is 14.4 Å². The number of amides is 1. The predicted octanol–water partition coefficient (Wildman–Crippen LogP) is 2.44. The van der Waals surface area contributed by atoms with Crippen molar-refractivity contribution in [2.45, 2.75) is 26.3 Å². The van der Waals surface area contributed by atoms with Crippen LogP contribution in [0, 0.1) is 0 Å². The molecule has 0 saturated carbocycles. The Morgan fingerprint density at radius 2 is 1.76 bits per heavy atom. The molecule has 0 fully saturated rings. The van der Waals surface area contributed by atoms with Gasteiger partial charge in [0.05, 0.1) is 49.3 Å². The molecule has 1 amide bonds. The number of fused-ring (bicyclic) bond motifs is 2. The van der Waals surface area contributed by atoms with Crippen molar-refractivity contribution in [1.82, 2.24) is 4.90 Å². The van der Waals surface area contributed by atoms with Crippen molar-refractivity contribution in [2.24, 2.45) is 0 Å². The number of nitrogens with zero attached hydrogens (tertiary/aromatic N) is 1. The molecule has 4 rings (SSSR count). The summed E-state index contributed by atoms with van der Waals surface area (Å²) >= 11 is 0. The summed E-state index contributed by atoms with van der Waals surface area (Å²) in [5.41, 5.74) is 1.74. The zero-order valence-corrected chi connectivity index (χ0v) is 19.2. The molecule has 1 aliphatic heterocycles. The summed E-state index contributed by atoms with van der Waals surface area (Å²) in [6, 6.07) is 13.3. The second-order valence-electron chi connectivity index (χ2n) is 8.25. The molecular formula is C26H29N2O5+. The van der Waals surface area contributed by atoms with Gasteiger partial charge in [-0.05, 0) is 43.7 Å². The van der Waals surface area contributed by atoms with E-state index >= 15 is 0 Å². The first kappa shape index (κ1) is 22.7. The molecule has 2 aromatic carbocycles. The summed E-state index contributed by atoms with van der Waals surface area (Å²) < 4.78 is 10.7. The Bertz CT molecular complexity index is 1230. The van der Waals surface area contributed by atoms with Gasteiger partial charge in [-0.15, -0.1) is 0 Å². The zero-order chi connectivity index (χ0) is 23.5. The van der Waals surface area contributed by atoms with Crippen molar-refractivity contribution in [3.05, 3.63) is 81.2 Å². The molecule has 1 atom stereocenters. The SMILES string of the molecule is CC[NH+](CC)CCCN1C(=O)c2oc3ccccc3c(=O)c2[C@@H]1c1ccc(C(=O)OC)cc1. The smallest absolute Gasteiger partial charge is 0.337 e. The monoisotopic (exact) mass is 449 g/mol. The Morgan fingerprint density at radius 1 is 1.06 bits per heavy atom. The van der Waals surface area contributed by atoms with Gasteiger partial charge in [0, 0.05) is 13.0 Å². The van der Waals surface area contributed by atoms with Crippen molar-refractivity contribution in [3.8, 4) is 0 Å². The number of nitrogens with one attached hydrogen (secondary N) is 1. The second-order valence-corrected chi connectivity index (χ2v) is 8.25. The summed E-state index contributed by atoms with van der Waals surface area (Å²) in [6.45, 7) is 7.78. The number of hydrogen-bond donors (Lipinski definition) is 1. The number of quaternary nitrogens is 1. The van der Waals surface area contributed by atoms with E-state index in [-0.39, 0.29) is 17.1 Å². The number of benzene rings is 2. The molecule has 0 saturated heterocycles. The lowest BCUT2D eigenvalue weighted by Gasteiger charge is -2.26. The highest BCUT2D eigenvalue weighted by molar-refractivity contribution is 5.99. The van der Waals surface area contributed by atoms with E-state index in [0.29, 0.717) is 28.6 Å². The Morgan fingerprint density at radius 3 is 2.42 bits per heavy atom. The fourth-order valence-electron chi connectivity index (χ4n) is 4.57. The standard InChI is InChI=1S/C26H28N2O5/c1-4-27(5-2)15-8-16-28-22(17-11-13-18(14-12-17)26(31)32-3)21-23(29)19-9-6-7-10-20(19)33-24(21)25(28)30/h6-7,9-14,22H,4-5,8,15-16H2,1-3H3/p+1/t22-/m0/s1. The van der Waals surface area contributed by atoms with Crippen LogP contribution in [0.4, 0.5) is 0 Å². The fraction of sp³-hybridized carbons (Fsp3) is 0.346. The molecule has 0 spiro atoms. The van der Waals surface area contributed by atoms with Crippen LogP contribution in [0.2, 0.25) is 0 Å². The van der Waals surface area contributed by atoms with Crippen molar-refractivity contribution in [2.75, 3.05) is 33.3 Å². The van der Waals surface area contributed by atoms with Gasteiger partial charge < -0.3 is 19.0 Å². The third kappa shape index (κ3) is 4.16. The van der Waals surface area contributed by atoms with E-state index in [2.05, 4.69) is 13.8 Å². The maximum absolute atomic E-state index is 13.5. The van der Waals surface area contributed by atoms with Crippen molar-refractivity contribution < 1.29 is 23.6 Å². The summed E-state index contributed by atoms with van der Waals surface area (Å²) in [5, 5.41) is 0.453. The Kier molecular flexibility index (Phi) is 6.60. The average molecular weight is 450 g/mol. The molecule has 172 valence electrons. The van der Waals surface area contributed by atoms with Gasteiger partial charge in [-0.3, -0.25) is 9.59 Å². The maximum atomic E-state index is 13.5. The largest absolute Gasteiger partial charge is 0.465 e. The maximum Gasteiger partial charge on any atom is 0.337 e. The number of rotatable bonds is 8. The first-order valence-corrected chi connectivity index (χ1v) is 11.4. The van der Waals surface area contributed by atoms with E-state index in [1.165, 1.54) is 12.0 Å². The summed E-state index contributed by atoms with van der Waals surface area (Å²) in [7, 11) is 1.33. The molecular weight excluding hydrogens is 420 g/mol. The minimum absolute atomic E-state index is 0.107. The molecule has 7 heteroatoms. The third-order valence-corrected chi connectivity index (χ3v) is 6.45. The van der Waals surface area contributed by atoms with Crippen molar-refractivity contribution >= 4 is 22.8 Å². The lowest BCUT2D eigenvalue weighted by Crippen LogP contribution is -3.11. The van der Waals surface area contributed by atoms with Crippen LogP contribution in [0.15, 0.2) is 57.7 Å². The number of para-hydroxylation sites is 1. The van der Waals surface area contributed by atoms with Crippen LogP contribution in [-0.2, 0) is 4.74 Å². The lowest BCUT2D eigenvalue weighted by molar-refractivity contribution is -0.896. The highest BCUT2D eigenvalue weighted by Crippen LogP contribution is 2.38. The topological polar surface area (TPSA) is 81.3 Å². The highest BCUT2D eigenvalue weighted by Gasteiger charge is 2.42. The van der Waals surface area contributed by atoms with E-state index < -0.39 is 12.0 Å². The molecule has 3 aromatic rings. The van der Waals surface area contributed by atoms with Crippen LogP contribution in [0.25, 0.3) is 11.0 Å². The van der Waals surface area contributed by atoms with Gasteiger partial charge in [-0.1, -0.05) is 24.3 Å². The molecule has 33 heavy (non-hydrogen) atoms. The Balaban J connectivity index is 1.77. The van der Waals surface area contributed by atoms with Crippen LogP contribution in [0.1, 0.15) is 58.3 Å². The first-order valence-electron chi connectivity index (χ1n) is 11.4. The molecule has 1 N–H and O–H groups in total. The fourth-order valence-corrected chi connectivity index (χ4v) is 4.57. The quantitative estimate of drug-likeness (QED) is 0.535. The van der Waals surface area contributed by atoms with Gasteiger partial charge in [-0.25, -0.2) is 4.79 Å². The van der Waals surface area contributed by atoms with Gasteiger partial charge in [0.25, 0.3) is 5.91 Å². The van der Waals surface area contributed by atoms with Gasteiger partial charge >= 0.3 is 5.97 Å². The van der Waals surface area contributed by atoms with Gasteiger partial charge in [-0.2, -0.15) is 0 Å². The van der Waals surface area contributed by atoms with E-state index in [1.807, 2.05) is 0 Å². The van der Waals surface area contributed by atoms with E-state index in [0.717, 1.165) is 31.6 Å². The molecule has 7 nitrogen and oxygen atoms in total. The van der Waals surface area contributed by atoms with E-state index in [1.54, 1.807) is 53.4 Å². The molecule has 0 radical (unpaired) electrons. The Labute approximate surface area is 192 Å². The van der Waals surface area contributed by atoms with Crippen molar-refractivity contribution in [1.29, 1.82) is 0 Å². The zero-order valence-electron chi connectivity index (χ0n) is 19.2. The highest BCUT2D eigenvalue weighted by atomic mass is 16.5. The minimum atomic E-state index is -0.563. The number of carbonyl (C=O) groups is 2. The van der Waals surface area contributed by atoms with E-state index in [4.69, 9.17) is 9.15 Å². The average Bonchev–Trinajstić information content (AvgIpc) is 3.13. The first-order chi connectivity index (χ1) is 16.0. The van der Waals surface area contributed by atoms with Crippen molar-refractivity contribution in [3.63, 3.8) is 0 Å². The molecule has 0 unspecified atom stereocenters. The molecule has 2 heterocycles. The van der Waals surface area contributed by atoms with Gasteiger partial charge in [0.15, 0.2) is 5.43 Å². The van der Waals surface area contributed by atoms with Crippen LogP contribution >= 0.6 is 0 Å². The molecule has 1 aliphatic rings. The normalized spacial score (nSPS) is 15.3. The lowest BCUT2D eigenvalue weighted by atomic mass is 9.97. The minimum Gasteiger partial charge on any atom is -0.465 e. The van der Waals surface area contributed by atoms with Crippen LogP contribution in [0.3, 0.4) is 0 Å². The number of esters is 1. The van der Waals surface area contributed by atoms with Gasteiger partial charge in [0.2, 0.25) is 5.76 Å². The Hall–Kier alpha value is -3.45. The van der Waals surface area contributed by atoms with Crippen LogP contribution in [0.5, 0.6) is 0 Å². The number of carbonyl (C=O) groups excluding carboxylic acids is 2. The molecule has 0 aliphatic carbocycles. The number of ether oxygens (including phenoxy) is 1. The summed E-state index contributed by atoms with van der Waals surface area (Å²) in [5.74, 6) is -0.602. The summed E-state index contributed by atoms with van der Waals surface area (Å²) in [4.78, 5) is 42.0. The molecule has 1 aromatic heterocycles. The number of hydrogen-bond acceptors (Lipinski definition) is 5. The number of methoxy groups -OCH3 is 1. The second kappa shape index (κ2) is 9.58. The predicted molar refractivity (Wildman–Crippen MR) is 125 cm³/mol. The van der Waals surface area contributed by atoms with Crippen LogP contribution in [-0.4, -0.2) is 50.1 Å². The van der Waals surface area contributed by atoms with Crippen LogP contribution < -0.4 is 10.3 Å². The summed E-state index contributed by atoms with van der Waals surface area (Å²) in [6.07, 6.45) is 0.807.